The van der Waals surface area contributed by atoms with Crippen molar-refractivity contribution in [2.24, 2.45) is 5.92 Å². The van der Waals surface area contributed by atoms with Crippen LogP contribution in [0.15, 0.2) is 22.7 Å². The largest absolute Gasteiger partial charge is 0.385 e. The van der Waals surface area contributed by atoms with Crippen molar-refractivity contribution in [3.8, 4) is 6.07 Å². The molecule has 3 nitrogen and oxygen atoms in total. The van der Waals surface area contributed by atoms with Crippen LogP contribution in [0.3, 0.4) is 0 Å². The third-order valence-electron chi connectivity index (χ3n) is 3.51. The lowest BCUT2D eigenvalue weighted by Gasteiger charge is -2.21. The molecule has 1 aliphatic rings. The minimum absolute atomic E-state index is 0.632. The summed E-state index contributed by atoms with van der Waals surface area (Å²) >= 11 is 3.41. The SMILES string of the molecule is CC(CNc1ccc(C#N)c(Br)c1)CN1CCCC1. The molecule has 0 aromatic heterocycles. The average Bonchev–Trinajstić information content (AvgIpc) is 2.89. The van der Waals surface area contributed by atoms with Crippen molar-refractivity contribution >= 4 is 21.6 Å². The summed E-state index contributed by atoms with van der Waals surface area (Å²) in [5.41, 5.74) is 1.75. The van der Waals surface area contributed by atoms with Crippen LogP contribution >= 0.6 is 15.9 Å². The normalized spacial score (nSPS) is 17.1. The van der Waals surface area contributed by atoms with Gasteiger partial charge in [-0.3, -0.25) is 0 Å². The zero-order chi connectivity index (χ0) is 13.7. The third kappa shape index (κ3) is 4.22. The predicted octanol–water partition coefficient (Wildman–Crippen LogP) is 3.46. The Morgan fingerprint density at radius 1 is 1.42 bits per heavy atom. The van der Waals surface area contributed by atoms with Gasteiger partial charge in [-0.05, 0) is 66.0 Å². The van der Waals surface area contributed by atoms with Crippen molar-refractivity contribution in [3.63, 3.8) is 0 Å². The number of hydrogen-bond donors (Lipinski definition) is 1. The summed E-state index contributed by atoms with van der Waals surface area (Å²) in [6, 6.07) is 7.94. The van der Waals surface area contributed by atoms with E-state index in [1.165, 1.54) is 32.5 Å². The lowest BCUT2D eigenvalue weighted by atomic mass is 10.1. The molecule has 0 radical (unpaired) electrons. The average molecular weight is 322 g/mol. The molecular formula is C15H20BrN3. The molecule has 0 bridgehead atoms. The topological polar surface area (TPSA) is 39.1 Å². The first kappa shape index (κ1) is 14.4. The molecule has 102 valence electrons. The van der Waals surface area contributed by atoms with Gasteiger partial charge in [-0.15, -0.1) is 0 Å². The fourth-order valence-corrected chi connectivity index (χ4v) is 2.95. The second kappa shape index (κ2) is 6.93. The quantitative estimate of drug-likeness (QED) is 0.902. The Kier molecular flexibility index (Phi) is 5.24. The maximum absolute atomic E-state index is 8.88. The second-order valence-corrected chi connectivity index (χ2v) is 6.15. The maximum Gasteiger partial charge on any atom is 0.100 e. The van der Waals surface area contributed by atoms with E-state index in [1.54, 1.807) is 0 Å². The first-order valence-corrected chi connectivity index (χ1v) is 7.64. The van der Waals surface area contributed by atoms with Crippen LogP contribution in [0.25, 0.3) is 0 Å². The van der Waals surface area contributed by atoms with E-state index in [0.717, 1.165) is 16.7 Å². The third-order valence-corrected chi connectivity index (χ3v) is 4.17. The fourth-order valence-electron chi connectivity index (χ4n) is 2.48. The summed E-state index contributed by atoms with van der Waals surface area (Å²) in [5, 5.41) is 12.3. The van der Waals surface area contributed by atoms with Crippen molar-refractivity contribution in [1.29, 1.82) is 5.26 Å². The van der Waals surface area contributed by atoms with Crippen molar-refractivity contribution in [1.82, 2.24) is 4.90 Å². The van der Waals surface area contributed by atoms with Gasteiger partial charge in [-0.2, -0.15) is 5.26 Å². The number of benzene rings is 1. The highest BCUT2D eigenvalue weighted by Crippen LogP contribution is 2.21. The Labute approximate surface area is 123 Å². The molecule has 1 aromatic carbocycles. The Balaban J connectivity index is 1.81. The molecule has 1 unspecified atom stereocenters. The van der Waals surface area contributed by atoms with E-state index in [4.69, 9.17) is 5.26 Å². The van der Waals surface area contributed by atoms with Gasteiger partial charge < -0.3 is 10.2 Å². The molecule has 0 aliphatic carbocycles. The van der Waals surface area contributed by atoms with Gasteiger partial charge in [-0.1, -0.05) is 6.92 Å². The smallest absolute Gasteiger partial charge is 0.100 e. The van der Waals surface area contributed by atoms with Crippen molar-refractivity contribution in [3.05, 3.63) is 28.2 Å². The molecule has 2 rings (SSSR count). The lowest BCUT2D eigenvalue weighted by molar-refractivity contribution is 0.294. The van der Waals surface area contributed by atoms with Crippen molar-refractivity contribution in [2.75, 3.05) is 31.5 Å². The first-order chi connectivity index (χ1) is 9.19. The number of nitrogens with one attached hydrogen (secondary N) is 1. The van der Waals surface area contributed by atoms with Crippen LogP contribution in [-0.2, 0) is 0 Å². The number of anilines is 1. The lowest BCUT2D eigenvalue weighted by Crippen LogP contribution is -2.28. The van der Waals surface area contributed by atoms with E-state index < -0.39 is 0 Å². The highest BCUT2D eigenvalue weighted by atomic mass is 79.9. The number of rotatable bonds is 5. The van der Waals surface area contributed by atoms with Crippen LogP contribution in [0.4, 0.5) is 5.69 Å². The van der Waals surface area contributed by atoms with Gasteiger partial charge in [0.1, 0.15) is 6.07 Å². The zero-order valence-electron chi connectivity index (χ0n) is 11.3. The second-order valence-electron chi connectivity index (χ2n) is 5.30. The van der Waals surface area contributed by atoms with Crippen LogP contribution in [0.5, 0.6) is 0 Å². The molecule has 1 N–H and O–H groups in total. The molecule has 19 heavy (non-hydrogen) atoms. The summed E-state index contributed by atoms with van der Waals surface area (Å²) in [6.07, 6.45) is 2.70. The molecular weight excluding hydrogens is 302 g/mol. The van der Waals surface area contributed by atoms with Gasteiger partial charge in [0.15, 0.2) is 0 Å². The Hall–Kier alpha value is -1.05. The van der Waals surface area contributed by atoms with Gasteiger partial charge in [-0.25, -0.2) is 0 Å². The van der Waals surface area contributed by atoms with Crippen LogP contribution in [0, 0.1) is 17.2 Å². The molecule has 1 heterocycles. The van der Waals surface area contributed by atoms with E-state index >= 15 is 0 Å². The van der Waals surface area contributed by atoms with E-state index in [1.807, 2.05) is 18.2 Å². The van der Waals surface area contributed by atoms with E-state index in [-0.39, 0.29) is 0 Å². The molecule has 1 saturated heterocycles. The highest BCUT2D eigenvalue weighted by molar-refractivity contribution is 9.10. The van der Waals surface area contributed by atoms with Gasteiger partial charge in [0.05, 0.1) is 5.56 Å². The molecule has 1 aliphatic heterocycles. The van der Waals surface area contributed by atoms with Gasteiger partial charge in [0, 0.05) is 23.2 Å². The van der Waals surface area contributed by atoms with Gasteiger partial charge >= 0.3 is 0 Å². The minimum Gasteiger partial charge on any atom is -0.385 e. The molecule has 4 heteroatoms. The van der Waals surface area contributed by atoms with E-state index in [0.29, 0.717) is 11.5 Å². The van der Waals surface area contributed by atoms with Crippen LogP contribution in [0.2, 0.25) is 0 Å². The minimum atomic E-state index is 0.632. The molecule has 1 aromatic rings. The van der Waals surface area contributed by atoms with E-state index in [9.17, 15) is 0 Å². The van der Waals surface area contributed by atoms with Crippen LogP contribution in [0.1, 0.15) is 25.3 Å². The summed E-state index contributed by atoms with van der Waals surface area (Å²) < 4.78 is 0.854. The fraction of sp³-hybridized carbons (Fsp3) is 0.533. The van der Waals surface area contributed by atoms with Gasteiger partial charge in [0.2, 0.25) is 0 Å². The predicted molar refractivity (Wildman–Crippen MR) is 82.2 cm³/mol. The molecule has 1 fully saturated rings. The van der Waals surface area contributed by atoms with Crippen LogP contribution < -0.4 is 5.32 Å². The summed E-state index contributed by atoms with van der Waals surface area (Å²) in [6.45, 7) is 6.93. The van der Waals surface area contributed by atoms with Crippen LogP contribution in [-0.4, -0.2) is 31.1 Å². The first-order valence-electron chi connectivity index (χ1n) is 6.85. The molecule has 1 atom stereocenters. The number of nitriles is 1. The van der Waals surface area contributed by atoms with Crippen molar-refractivity contribution in [2.45, 2.75) is 19.8 Å². The Bertz CT molecular complexity index is 461. The molecule has 0 saturated carbocycles. The monoisotopic (exact) mass is 321 g/mol. The number of hydrogen-bond acceptors (Lipinski definition) is 3. The Morgan fingerprint density at radius 3 is 2.79 bits per heavy atom. The number of halogens is 1. The van der Waals surface area contributed by atoms with Crippen molar-refractivity contribution < 1.29 is 0 Å². The molecule has 0 spiro atoms. The molecule has 0 amide bonds. The number of nitrogens with zero attached hydrogens (tertiary/aromatic N) is 2. The van der Waals surface area contributed by atoms with E-state index in [2.05, 4.69) is 39.1 Å². The standard InChI is InChI=1S/C15H20BrN3/c1-12(11-19-6-2-3-7-19)10-18-14-5-4-13(9-17)15(16)8-14/h4-5,8,12,18H,2-3,6-7,10-11H2,1H3. The summed E-state index contributed by atoms with van der Waals surface area (Å²) in [7, 11) is 0. The Morgan fingerprint density at radius 2 is 2.16 bits per heavy atom. The maximum atomic E-state index is 8.88. The summed E-state index contributed by atoms with van der Waals surface area (Å²) in [4.78, 5) is 2.54. The van der Waals surface area contributed by atoms with Gasteiger partial charge in [0.25, 0.3) is 0 Å². The number of likely N-dealkylation sites (tertiary alicyclic amines) is 1. The zero-order valence-corrected chi connectivity index (χ0v) is 12.9. The highest BCUT2D eigenvalue weighted by Gasteiger charge is 2.14. The summed E-state index contributed by atoms with van der Waals surface area (Å²) in [5.74, 6) is 0.632.